The molecule has 1 aromatic heterocycles. The van der Waals surface area contributed by atoms with E-state index in [1.54, 1.807) is 11.8 Å². The second kappa shape index (κ2) is 7.25. The molecular formula is C17H18F2N2OS. The number of aromatic amines is 1. The quantitative estimate of drug-likeness (QED) is 0.843. The average Bonchev–Trinajstić information content (AvgIpc) is 2.99. The van der Waals surface area contributed by atoms with Crippen molar-refractivity contribution in [3.05, 3.63) is 57.5 Å². The van der Waals surface area contributed by atoms with E-state index in [-0.39, 0.29) is 17.5 Å². The fraction of sp³-hybridized carbons (Fsp3) is 0.412. The molecule has 1 saturated carbocycles. The Morgan fingerprint density at radius 2 is 1.87 bits per heavy atom. The lowest BCUT2D eigenvalue weighted by molar-refractivity contribution is 0.553. The van der Waals surface area contributed by atoms with E-state index in [4.69, 9.17) is 0 Å². The molecule has 0 radical (unpaired) electrons. The predicted molar refractivity (Wildman–Crippen MR) is 86.7 cm³/mol. The fourth-order valence-electron chi connectivity index (χ4n) is 2.86. The summed E-state index contributed by atoms with van der Waals surface area (Å²) in [6.45, 7) is 0. The zero-order chi connectivity index (χ0) is 16.2. The van der Waals surface area contributed by atoms with Crippen LogP contribution in [0.1, 0.15) is 36.9 Å². The standard InChI is InChI=1S/C17H18F2N2OS/c18-14-6-3-7-15(19)13(14)9-8-11-10-16(22)21-17(20-11)23-12-4-1-2-5-12/h3,6-7,10,12H,1-2,4-5,8-9H2,(H,20,21,22). The maximum Gasteiger partial charge on any atom is 0.251 e. The van der Waals surface area contributed by atoms with Crippen LogP contribution in [0, 0.1) is 11.6 Å². The van der Waals surface area contributed by atoms with Crippen molar-refractivity contribution in [2.45, 2.75) is 48.9 Å². The molecule has 3 nitrogen and oxygen atoms in total. The Labute approximate surface area is 137 Å². The molecule has 0 bridgehead atoms. The number of halogens is 2. The van der Waals surface area contributed by atoms with Crippen molar-refractivity contribution in [2.75, 3.05) is 0 Å². The molecule has 0 atom stereocenters. The van der Waals surface area contributed by atoms with Crippen molar-refractivity contribution in [3.8, 4) is 0 Å². The van der Waals surface area contributed by atoms with Crippen molar-refractivity contribution in [1.82, 2.24) is 9.97 Å². The van der Waals surface area contributed by atoms with Gasteiger partial charge in [-0.1, -0.05) is 30.7 Å². The van der Waals surface area contributed by atoms with Crippen LogP contribution in [0.15, 0.2) is 34.2 Å². The number of rotatable bonds is 5. The lowest BCUT2D eigenvalue weighted by Crippen LogP contribution is -2.12. The second-order valence-corrected chi connectivity index (χ2v) is 7.06. The lowest BCUT2D eigenvalue weighted by Gasteiger charge is -2.09. The van der Waals surface area contributed by atoms with Crippen LogP contribution >= 0.6 is 11.8 Å². The van der Waals surface area contributed by atoms with Crippen LogP contribution in [0.25, 0.3) is 0 Å². The molecule has 2 aromatic rings. The minimum atomic E-state index is -0.560. The highest BCUT2D eigenvalue weighted by Gasteiger charge is 2.18. The first-order valence-electron chi connectivity index (χ1n) is 7.81. The summed E-state index contributed by atoms with van der Waals surface area (Å²) in [6.07, 6.45) is 5.23. The predicted octanol–water partition coefficient (Wildman–Crippen LogP) is 3.87. The molecule has 1 fully saturated rings. The third-order valence-corrected chi connectivity index (χ3v) is 5.27. The van der Waals surface area contributed by atoms with E-state index < -0.39 is 11.6 Å². The Balaban J connectivity index is 1.72. The van der Waals surface area contributed by atoms with Crippen LogP contribution in [0.4, 0.5) is 8.78 Å². The van der Waals surface area contributed by atoms with Gasteiger partial charge >= 0.3 is 0 Å². The van der Waals surface area contributed by atoms with Gasteiger partial charge in [0.05, 0.1) is 0 Å². The van der Waals surface area contributed by atoms with Crippen LogP contribution < -0.4 is 5.56 Å². The number of H-pyrrole nitrogens is 1. The molecule has 0 unspecified atom stereocenters. The van der Waals surface area contributed by atoms with E-state index in [9.17, 15) is 13.6 Å². The Hall–Kier alpha value is -1.69. The van der Waals surface area contributed by atoms with E-state index in [0.29, 0.717) is 22.5 Å². The van der Waals surface area contributed by atoms with Gasteiger partial charge in [-0.25, -0.2) is 13.8 Å². The fourth-order valence-corrected chi connectivity index (χ4v) is 4.07. The van der Waals surface area contributed by atoms with Crippen molar-refractivity contribution in [2.24, 2.45) is 0 Å². The molecule has 0 spiro atoms. The van der Waals surface area contributed by atoms with Gasteiger partial charge < -0.3 is 4.98 Å². The van der Waals surface area contributed by atoms with Gasteiger partial charge in [0.15, 0.2) is 5.16 Å². The van der Waals surface area contributed by atoms with E-state index in [1.807, 2.05) is 0 Å². The van der Waals surface area contributed by atoms with Gasteiger partial charge in [-0.15, -0.1) is 0 Å². The number of nitrogens with zero attached hydrogens (tertiary/aromatic N) is 1. The molecule has 1 N–H and O–H groups in total. The number of nitrogens with one attached hydrogen (secondary N) is 1. The summed E-state index contributed by atoms with van der Waals surface area (Å²) < 4.78 is 27.3. The number of aryl methyl sites for hydroxylation is 1. The Kier molecular flexibility index (Phi) is 5.10. The molecule has 0 aliphatic heterocycles. The second-order valence-electron chi connectivity index (χ2n) is 5.77. The highest BCUT2D eigenvalue weighted by atomic mass is 32.2. The van der Waals surface area contributed by atoms with Crippen LogP contribution in [-0.2, 0) is 12.8 Å². The van der Waals surface area contributed by atoms with Gasteiger partial charge in [-0.2, -0.15) is 0 Å². The number of aromatic nitrogens is 2. The van der Waals surface area contributed by atoms with Crippen LogP contribution in [0.2, 0.25) is 0 Å². The molecule has 0 saturated heterocycles. The third kappa shape index (κ3) is 4.19. The largest absolute Gasteiger partial charge is 0.301 e. The van der Waals surface area contributed by atoms with Gasteiger partial charge in [-0.05, 0) is 37.8 Å². The van der Waals surface area contributed by atoms with Gasteiger partial charge in [-0.3, -0.25) is 4.79 Å². The van der Waals surface area contributed by atoms with Gasteiger partial charge in [0.25, 0.3) is 5.56 Å². The zero-order valence-electron chi connectivity index (χ0n) is 12.6. The van der Waals surface area contributed by atoms with Gasteiger partial charge in [0.1, 0.15) is 11.6 Å². The molecule has 122 valence electrons. The van der Waals surface area contributed by atoms with E-state index >= 15 is 0 Å². The molecule has 3 rings (SSSR count). The molecule has 1 aliphatic rings. The minimum Gasteiger partial charge on any atom is -0.301 e. The SMILES string of the molecule is O=c1cc(CCc2c(F)cccc2F)nc(SC2CCCC2)[nH]1. The maximum absolute atomic E-state index is 13.6. The molecule has 23 heavy (non-hydrogen) atoms. The van der Waals surface area contributed by atoms with Crippen LogP contribution in [-0.4, -0.2) is 15.2 Å². The van der Waals surface area contributed by atoms with Gasteiger partial charge in [0.2, 0.25) is 0 Å². The van der Waals surface area contributed by atoms with E-state index in [1.165, 1.54) is 37.1 Å². The van der Waals surface area contributed by atoms with Crippen molar-refractivity contribution < 1.29 is 8.78 Å². The van der Waals surface area contributed by atoms with Gasteiger partial charge in [0, 0.05) is 22.6 Å². The van der Waals surface area contributed by atoms with Crippen molar-refractivity contribution >= 4 is 11.8 Å². The topological polar surface area (TPSA) is 45.8 Å². The lowest BCUT2D eigenvalue weighted by atomic mass is 10.1. The molecule has 1 heterocycles. The Morgan fingerprint density at radius 3 is 2.57 bits per heavy atom. The molecule has 6 heteroatoms. The van der Waals surface area contributed by atoms with E-state index in [2.05, 4.69) is 9.97 Å². The van der Waals surface area contributed by atoms with Crippen LogP contribution in [0.5, 0.6) is 0 Å². The van der Waals surface area contributed by atoms with E-state index in [0.717, 1.165) is 12.8 Å². The highest BCUT2D eigenvalue weighted by Crippen LogP contribution is 2.32. The first-order valence-corrected chi connectivity index (χ1v) is 8.69. The smallest absolute Gasteiger partial charge is 0.251 e. The molecule has 0 amide bonds. The summed E-state index contributed by atoms with van der Waals surface area (Å²) in [7, 11) is 0. The number of thioether (sulfide) groups is 1. The summed E-state index contributed by atoms with van der Waals surface area (Å²) in [5, 5.41) is 1.10. The molecular weight excluding hydrogens is 318 g/mol. The monoisotopic (exact) mass is 336 g/mol. The Bertz CT molecular complexity index is 721. The summed E-state index contributed by atoms with van der Waals surface area (Å²) in [4.78, 5) is 19.0. The number of hydrogen-bond donors (Lipinski definition) is 1. The zero-order valence-corrected chi connectivity index (χ0v) is 13.5. The Morgan fingerprint density at radius 1 is 1.17 bits per heavy atom. The molecule has 1 aliphatic carbocycles. The summed E-state index contributed by atoms with van der Waals surface area (Å²) in [5.41, 5.74) is 0.390. The highest BCUT2D eigenvalue weighted by molar-refractivity contribution is 7.99. The summed E-state index contributed by atoms with van der Waals surface area (Å²) in [5.74, 6) is -1.12. The maximum atomic E-state index is 13.6. The number of hydrogen-bond acceptors (Lipinski definition) is 3. The third-order valence-electron chi connectivity index (χ3n) is 4.05. The van der Waals surface area contributed by atoms with Crippen molar-refractivity contribution in [1.29, 1.82) is 0 Å². The van der Waals surface area contributed by atoms with Crippen LogP contribution in [0.3, 0.4) is 0 Å². The molecule has 1 aromatic carbocycles. The summed E-state index contributed by atoms with van der Waals surface area (Å²) >= 11 is 1.59. The summed E-state index contributed by atoms with van der Waals surface area (Å²) in [6, 6.07) is 5.23. The number of benzene rings is 1. The first-order chi connectivity index (χ1) is 11.1. The first kappa shape index (κ1) is 16.2. The normalized spacial score (nSPS) is 15.2. The minimum absolute atomic E-state index is 0.0413. The average molecular weight is 336 g/mol. The van der Waals surface area contributed by atoms with Crippen molar-refractivity contribution in [3.63, 3.8) is 0 Å².